The van der Waals surface area contributed by atoms with Gasteiger partial charge in [0.1, 0.15) is 0 Å². The molecule has 0 saturated carbocycles. The van der Waals surface area contributed by atoms with E-state index in [1.165, 1.54) is 0 Å². The highest BCUT2D eigenvalue weighted by atomic mass is 14.1. The topological polar surface area (TPSA) is 0 Å². The van der Waals surface area contributed by atoms with Crippen LogP contribution >= 0.6 is 0 Å². The Morgan fingerprint density at radius 3 is 1.35 bits per heavy atom. The zero-order valence-corrected chi connectivity index (χ0v) is 9.79. The Hall–Kier alpha value is -1.43. The lowest BCUT2D eigenvalue weighted by atomic mass is 9.67. The third kappa shape index (κ3) is 3.26. The maximum Gasteiger partial charge on any atom is 0.0763 e. The Labute approximate surface area is 106 Å². The Balaban J connectivity index is 2.02. The summed E-state index contributed by atoms with van der Waals surface area (Å²) < 4.78 is 0. The lowest BCUT2D eigenvalue weighted by Gasteiger charge is -2.18. The molecule has 2 heteroatoms. The van der Waals surface area contributed by atoms with Crippen LogP contribution in [0.15, 0.2) is 60.7 Å². The summed E-state index contributed by atoms with van der Waals surface area (Å²) >= 11 is 0. The average molecular weight is 216 g/mol. The number of hydrogen-bond acceptors (Lipinski definition) is 0. The van der Waals surface area contributed by atoms with Crippen LogP contribution < -0.4 is 0 Å². The molecule has 0 nitrogen and oxygen atoms in total. The van der Waals surface area contributed by atoms with E-state index < -0.39 is 0 Å². The van der Waals surface area contributed by atoms with Crippen LogP contribution in [-0.2, 0) is 0 Å². The fourth-order valence-electron chi connectivity index (χ4n) is 1.95. The standard InChI is InChI=1S/C15H14B2/c16-14(12-7-3-1-4-8-12)11-15(17)13-9-5-2-6-10-13/h1-10,14-15H,11H2. The van der Waals surface area contributed by atoms with Crippen molar-refractivity contribution in [3.63, 3.8) is 0 Å². The van der Waals surface area contributed by atoms with Crippen molar-refractivity contribution in [1.29, 1.82) is 0 Å². The van der Waals surface area contributed by atoms with E-state index in [1.54, 1.807) is 0 Å². The molecular weight excluding hydrogens is 202 g/mol. The van der Waals surface area contributed by atoms with E-state index in [0.29, 0.717) is 0 Å². The van der Waals surface area contributed by atoms with Crippen LogP contribution in [0.5, 0.6) is 0 Å². The molecule has 2 unspecified atom stereocenters. The molecule has 0 heterocycles. The van der Waals surface area contributed by atoms with E-state index in [2.05, 4.69) is 0 Å². The smallest absolute Gasteiger partial charge is 0.0622 e. The van der Waals surface area contributed by atoms with Crippen molar-refractivity contribution in [3.05, 3.63) is 71.8 Å². The molecule has 4 radical (unpaired) electrons. The van der Waals surface area contributed by atoms with Crippen molar-refractivity contribution >= 4 is 15.7 Å². The molecule has 0 aromatic heterocycles. The van der Waals surface area contributed by atoms with Crippen LogP contribution in [0, 0.1) is 0 Å². The van der Waals surface area contributed by atoms with Crippen LogP contribution in [0.2, 0.25) is 0 Å². The van der Waals surface area contributed by atoms with Crippen LogP contribution in [0.1, 0.15) is 29.2 Å². The molecule has 0 bridgehead atoms. The lowest BCUT2D eigenvalue weighted by molar-refractivity contribution is 0.767. The molecule has 2 aromatic rings. The molecule has 0 aliphatic carbocycles. The Bertz CT molecular complexity index is 395. The molecular formula is C15H14B2. The Morgan fingerprint density at radius 2 is 1.00 bits per heavy atom. The van der Waals surface area contributed by atoms with Crippen LogP contribution in [-0.4, -0.2) is 15.7 Å². The Morgan fingerprint density at radius 1 is 0.647 bits per heavy atom. The molecule has 2 aromatic carbocycles. The molecule has 2 atom stereocenters. The molecule has 0 saturated heterocycles. The van der Waals surface area contributed by atoms with E-state index in [9.17, 15) is 0 Å². The minimum absolute atomic E-state index is 0.00796. The van der Waals surface area contributed by atoms with Gasteiger partial charge in [0.25, 0.3) is 0 Å². The molecule has 0 fully saturated rings. The number of benzene rings is 2. The zero-order valence-electron chi connectivity index (χ0n) is 9.79. The van der Waals surface area contributed by atoms with E-state index >= 15 is 0 Å². The van der Waals surface area contributed by atoms with Crippen molar-refractivity contribution < 1.29 is 0 Å². The average Bonchev–Trinajstić information content (AvgIpc) is 2.40. The van der Waals surface area contributed by atoms with Gasteiger partial charge in [0, 0.05) is 0 Å². The van der Waals surface area contributed by atoms with Gasteiger partial charge in [-0.3, -0.25) is 0 Å². The van der Waals surface area contributed by atoms with Gasteiger partial charge in [-0.05, 0) is 0 Å². The second-order valence-corrected chi connectivity index (χ2v) is 4.27. The molecule has 0 amide bonds. The molecule has 0 spiro atoms. The summed E-state index contributed by atoms with van der Waals surface area (Å²) in [6.07, 6.45) is 0.758. The van der Waals surface area contributed by atoms with Crippen molar-refractivity contribution in [2.24, 2.45) is 0 Å². The van der Waals surface area contributed by atoms with Crippen LogP contribution in [0.4, 0.5) is 0 Å². The molecule has 0 aliphatic heterocycles. The first-order valence-corrected chi connectivity index (χ1v) is 5.88. The number of hydrogen-bond donors (Lipinski definition) is 0. The summed E-state index contributed by atoms with van der Waals surface area (Å²) in [6, 6.07) is 20.2. The molecule has 80 valence electrons. The van der Waals surface area contributed by atoms with Crippen molar-refractivity contribution in [2.45, 2.75) is 18.1 Å². The second-order valence-electron chi connectivity index (χ2n) is 4.27. The highest BCUT2D eigenvalue weighted by Crippen LogP contribution is 2.25. The van der Waals surface area contributed by atoms with Gasteiger partial charge in [0.15, 0.2) is 0 Å². The first-order chi connectivity index (χ1) is 8.27. The van der Waals surface area contributed by atoms with E-state index in [0.717, 1.165) is 17.5 Å². The zero-order chi connectivity index (χ0) is 12.1. The third-order valence-electron chi connectivity index (χ3n) is 2.96. The van der Waals surface area contributed by atoms with E-state index in [4.69, 9.17) is 15.7 Å². The summed E-state index contributed by atoms with van der Waals surface area (Å²) in [5.74, 6) is -0.0159. The van der Waals surface area contributed by atoms with Crippen LogP contribution in [0.25, 0.3) is 0 Å². The van der Waals surface area contributed by atoms with Gasteiger partial charge >= 0.3 is 0 Å². The molecule has 0 aliphatic rings. The first-order valence-electron chi connectivity index (χ1n) is 5.88. The fourth-order valence-corrected chi connectivity index (χ4v) is 1.95. The summed E-state index contributed by atoms with van der Waals surface area (Å²) in [4.78, 5) is 0. The minimum Gasteiger partial charge on any atom is -0.0622 e. The maximum atomic E-state index is 6.15. The normalized spacial score (nSPS) is 14.1. The summed E-state index contributed by atoms with van der Waals surface area (Å²) in [5, 5.41) is 0. The van der Waals surface area contributed by atoms with E-state index in [-0.39, 0.29) is 11.6 Å². The van der Waals surface area contributed by atoms with Gasteiger partial charge in [-0.25, -0.2) is 0 Å². The van der Waals surface area contributed by atoms with Crippen molar-refractivity contribution in [1.82, 2.24) is 0 Å². The summed E-state index contributed by atoms with van der Waals surface area (Å²) in [6.45, 7) is 0. The summed E-state index contributed by atoms with van der Waals surface area (Å²) in [7, 11) is 12.3. The van der Waals surface area contributed by atoms with Gasteiger partial charge in [-0.15, -0.1) is 0 Å². The lowest BCUT2D eigenvalue weighted by Crippen LogP contribution is -2.06. The predicted molar refractivity (Wildman–Crippen MR) is 74.5 cm³/mol. The van der Waals surface area contributed by atoms with Crippen molar-refractivity contribution in [3.8, 4) is 0 Å². The molecule has 17 heavy (non-hydrogen) atoms. The second kappa shape index (κ2) is 5.77. The van der Waals surface area contributed by atoms with Crippen molar-refractivity contribution in [2.75, 3.05) is 0 Å². The van der Waals surface area contributed by atoms with Gasteiger partial charge in [-0.2, -0.15) is 0 Å². The monoisotopic (exact) mass is 216 g/mol. The van der Waals surface area contributed by atoms with E-state index in [1.807, 2.05) is 60.7 Å². The first kappa shape index (κ1) is 12.0. The highest BCUT2D eigenvalue weighted by molar-refractivity contribution is 6.15. The summed E-state index contributed by atoms with van der Waals surface area (Å²) in [5.41, 5.74) is 2.28. The van der Waals surface area contributed by atoms with Gasteiger partial charge in [0.05, 0.1) is 15.7 Å². The third-order valence-corrected chi connectivity index (χ3v) is 2.96. The maximum absolute atomic E-state index is 6.15. The predicted octanol–water partition coefficient (Wildman–Crippen LogP) is 3.20. The molecule has 0 N–H and O–H groups in total. The van der Waals surface area contributed by atoms with Gasteiger partial charge in [0.2, 0.25) is 0 Å². The molecule has 2 rings (SSSR count). The van der Waals surface area contributed by atoms with Crippen LogP contribution in [0.3, 0.4) is 0 Å². The number of rotatable bonds is 4. The fraction of sp³-hybridized carbons (Fsp3) is 0.200. The minimum atomic E-state index is -0.00796. The quantitative estimate of drug-likeness (QED) is 0.688. The largest absolute Gasteiger partial charge is 0.0763 e. The SMILES string of the molecule is [B]C(CC([B])c1ccccc1)c1ccccc1. The Kier molecular flexibility index (Phi) is 4.08. The van der Waals surface area contributed by atoms with Gasteiger partial charge in [-0.1, -0.05) is 89.8 Å². The van der Waals surface area contributed by atoms with Gasteiger partial charge < -0.3 is 0 Å². The highest BCUT2D eigenvalue weighted by Gasteiger charge is 2.11.